The summed E-state index contributed by atoms with van der Waals surface area (Å²) in [7, 11) is 1.95. The van der Waals surface area contributed by atoms with Crippen molar-refractivity contribution >= 4 is 17.1 Å². The highest BCUT2D eigenvalue weighted by atomic mass is 16.5. The number of nitrogens with one attached hydrogen (secondary N) is 1. The lowest BCUT2D eigenvalue weighted by Crippen LogP contribution is -2.37. The zero-order valence-electron chi connectivity index (χ0n) is 17.4. The molecule has 158 valence electrons. The van der Waals surface area contributed by atoms with Gasteiger partial charge in [0.1, 0.15) is 11.9 Å². The summed E-state index contributed by atoms with van der Waals surface area (Å²) in [6, 6.07) is 2.61. The highest BCUT2D eigenvalue weighted by Gasteiger charge is 2.26. The van der Waals surface area contributed by atoms with Gasteiger partial charge < -0.3 is 19.5 Å². The maximum absolute atomic E-state index is 11.1. The molecule has 0 aromatic carbocycles. The average Bonchev–Trinajstić information content (AvgIpc) is 3.45. The number of hydrogen-bond donors (Lipinski definition) is 1. The van der Waals surface area contributed by atoms with Crippen LogP contribution in [0.1, 0.15) is 52.4 Å². The third kappa shape index (κ3) is 5.18. The van der Waals surface area contributed by atoms with Gasteiger partial charge in [0.2, 0.25) is 5.91 Å². The van der Waals surface area contributed by atoms with Crippen LogP contribution in [0.4, 0.5) is 0 Å². The van der Waals surface area contributed by atoms with E-state index in [1.54, 1.807) is 6.20 Å². The van der Waals surface area contributed by atoms with E-state index in [1.807, 2.05) is 24.6 Å². The summed E-state index contributed by atoms with van der Waals surface area (Å²) in [6.07, 6.45) is 8.40. The van der Waals surface area contributed by atoms with Crippen molar-refractivity contribution in [2.24, 2.45) is 7.05 Å². The third-order valence-corrected chi connectivity index (χ3v) is 5.42. The molecular weight excluding hydrogens is 372 g/mol. The van der Waals surface area contributed by atoms with Gasteiger partial charge in [0, 0.05) is 26.1 Å². The van der Waals surface area contributed by atoms with E-state index in [0.29, 0.717) is 24.4 Å². The molecule has 0 spiro atoms. The van der Waals surface area contributed by atoms with Crippen LogP contribution >= 0.6 is 0 Å². The summed E-state index contributed by atoms with van der Waals surface area (Å²) in [5.41, 5.74) is 1.59. The third-order valence-electron chi connectivity index (χ3n) is 5.42. The lowest BCUT2D eigenvalue weighted by atomic mass is 9.95. The Kier molecular flexibility index (Phi) is 5.89. The Morgan fingerprint density at radius 3 is 2.52 bits per heavy atom. The van der Waals surface area contributed by atoms with E-state index in [2.05, 4.69) is 15.3 Å². The fraction of sp³-hybridized carbons (Fsp3) is 0.667. The van der Waals surface area contributed by atoms with Gasteiger partial charge in [-0.2, -0.15) is 4.98 Å². The Morgan fingerprint density at radius 1 is 1.17 bits per heavy atom. The molecule has 2 aromatic heterocycles. The van der Waals surface area contributed by atoms with Crippen LogP contribution in [-0.2, 0) is 16.6 Å². The van der Waals surface area contributed by atoms with Crippen LogP contribution in [-0.4, -0.2) is 51.4 Å². The van der Waals surface area contributed by atoms with Gasteiger partial charge in [0.25, 0.3) is 6.01 Å². The van der Waals surface area contributed by atoms with Gasteiger partial charge in [-0.3, -0.25) is 9.36 Å². The number of pyridine rings is 1. The second-order valence-corrected chi connectivity index (χ2v) is 8.24. The Morgan fingerprint density at radius 2 is 1.83 bits per heavy atom. The fourth-order valence-corrected chi connectivity index (χ4v) is 3.71. The van der Waals surface area contributed by atoms with Crippen LogP contribution in [0.15, 0.2) is 12.3 Å². The zero-order chi connectivity index (χ0) is 20.4. The van der Waals surface area contributed by atoms with Gasteiger partial charge >= 0.3 is 0 Å². The van der Waals surface area contributed by atoms with Crippen LogP contribution in [0.3, 0.4) is 0 Å². The molecule has 1 amide bonds. The predicted octanol–water partition coefficient (Wildman–Crippen LogP) is 2.74. The van der Waals surface area contributed by atoms with E-state index in [4.69, 9.17) is 14.2 Å². The van der Waals surface area contributed by atoms with Crippen LogP contribution in [0.25, 0.3) is 11.2 Å². The molecule has 0 radical (unpaired) electrons. The minimum atomic E-state index is -0.0265. The summed E-state index contributed by atoms with van der Waals surface area (Å²) in [6.45, 7) is 4.02. The highest BCUT2D eigenvalue weighted by molar-refractivity contribution is 5.74. The van der Waals surface area contributed by atoms with E-state index >= 15 is 0 Å². The fourth-order valence-electron chi connectivity index (χ4n) is 3.71. The molecule has 0 saturated heterocycles. The molecule has 0 bridgehead atoms. The van der Waals surface area contributed by atoms with Gasteiger partial charge in [0.05, 0.1) is 30.5 Å². The number of carbonyl (C=O) groups excluding carboxylic acids is 1. The molecule has 2 aromatic rings. The van der Waals surface area contributed by atoms with Crippen LogP contribution in [0.5, 0.6) is 11.8 Å². The summed E-state index contributed by atoms with van der Waals surface area (Å²) in [5, 5.41) is 2.85. The summed E-state index contributed by atoms with van der Waals surface area (Å²) >= 11 is 0. The molecule has 2 fully saturated rings. The summed E-state index contributed by atoms with van der Waals surface area (Å²) in [5.74, 6) is 0.766. The largest absolute Gasteiger partial charge is 0.489 e. The number of aromatic nitrogens is 3. The molecule has 1 N–H and O–H groups in total. The molecule has 1 atom stereocenters. The van der Waals surface area contributed by atoms with Crippen molar-refractivity contribution in [3.63, 3.8) is 0 Å². The van der Waals surface area contributed by atoms with Crippen LogP contribution in [0.2, 0.25) is 0 Å². The number of imidazole rings is 1. The summed E-state index contributed by atoms with van der Waals surface area (Å²) < 4.78 is 19.9. The van der Waals surface area contributed by atoms with Crippen molar-refractivity contribution < 1.29 is 19.0 Å². The van der Waals surface area contributed by atoms with E-state index < -0.39 is 0 Å². The van der Waals surface area contributed by atoms with Crippen molar-refractivity contribution in [1.29, 1.82) is 0 Å². The number of fused-ring (bicyclic) bond motifs is 1. The average molecular weight is 402 g/mol. The first-order chi connectivity index (χ1) is 14.0. The van der Waals surface area contributed by atoms with Crippen LogP contribution < -0.4 is 14.8 Å². The number of aryl methyl sites for hydroxylation is 1. The minimum Gasteiger partial charge on any atom is -0.489 e. The SMILES string of the molecule is CC(=O)N[C@@H](C)COC1CCC(Oc2nc3ncc(OC4CC4)cc3n2C)CC1. The number of nitrogens with zero attached hydrogens (tertiary/aromatic N) is 3. The van der Waals surface area contributed by atoms with Gasteiger partial charge in [-0.1, -0.05) is 0 Å². The van der Waals surface area contributed by atoms with Crippen LogP contribution in [0, 0.1) is 0 Å². The topological polar surface area (TPSA) is 87.5 Å². The van der Waals surface area contributed by atoms with Gasteiger partial charge in [-0.15, -0.1) is 0 Å². The molecule has 8 heteroatoms. The standard InChI is InChI=1S/C21H30N4O4/c1-13(23-14(2)26)12-27-15-4-6-17(7-5-15)29-21-24-20-19(25(21)3)10-18(11-22-20)28-16-8-9-16/h10-11,13,15-17H,4-9,12H2,1-3H3,(H,23,26)/t13-,15?,17?/m0/s1. The number of amides is 1. The van der Waals surface area contributed by atoms with Crippen molar-refractivity contribution in [2.75, 3.05) is 6.61 Å². The molecule has 0 aliphatic heterocycles. The normalized spacial score (nSPS) is 23.0. The minimum absolute atomic E-state index is 0.0265. The maximum Gasteiger partial charge on any atom is 0.298 e. The summed E-state index contributed by atoms with van der Waals surface area (Å²) in [4.78, 5) is 20.1. The molecular formula is C21H30N4O4. The second kappa shape index (κ2) is 8.57. The van der Waals surface area contributed by atoms with Crippen molar-refractivity contribution in [2.45, 2.75) is 76.7 Å². The zero-order valence-corrected chi connectivity index (χ0v) is 17.4. The van der Waals surface area contributed by atoms with Crippen molar-refractivity contribution in [3.8, 4) is 11.8 Å². The molecule has 2 heterocycles. The number of rotatable bonds is 8. The monoisotopic (exact) mass is 402 g/mol. The quantitative estimate of drug-likeness (QED) is 0.731. The van der Waals surface area contributed by atoms with E-state index in [9.17, 15) is 4.79 Å². The first-order valence-corrected chi connectivity index (χ1v) is 10.5. The molecule has 2 saturated carbocycles. The van der Waals surface area contributed by atoms with Gasteiger partial charge in [0.15, 0.2) is 5.65 Å². The molecule has 29 heavy (non-hydrogen) atoms. The van der Waals surface area contributed by atoms with E-state index in [-0.39, 0.29) is 24.2 Å². The molecule has 8 nitrogen and oxygen atoms in total. The predicted molar refractivity (Wildman–Crippen MR) is 108 cm³/mol. The highest BCUT2D eigenvalue weighted by Crippen LogP contribution is 2.30. The lowest BCUT2D eigenvalue weighted by molar-refractivity contribution is -0.120. The van der Waals surface area contributed by atoms with Crippen molar-refractivity contribution in [1.82, 2.24) is 19.9 Å². The molecule has 2 aliphatic carbocycles. The van der Waals surface area contributed by atoms with E-state index in [0.717, 1.165) is 49.8 Å². The maximum atomic E-state index is 11.1. The first-order valence-electron chi connectivity index (χ1n) is 10.5. The molecule has 2 aliphatic rings. The Hall–Kier alpha value is -2.35. The number of hydrogen-bond acceptors (Lipinski definition) is 6. The lowest BCUT2D eigenvalue weighted by Gasteiger charge is -2.29. The second-order valence-electron chi connectivity index (χ2n) is 8.24. The number of ether oxygens (including phenoxy) is 3. The molecule has 0 unspecified atom stereocenters. The smallest absolute Gasteiger partial charge is 0.298 e. The van der Waals surface area contributed by atoms with Gasteiger partial charge in [-0.25, -0.2) is 4.98 Å². The Labute approximate surface area is 170 Å². The van der Waals surface area contributed by atoms with Gasteiger partial charge in [-0.05, 0) is 45.4 Å². The molecule has 4 rings (SSSR count). The number of carbonyl (C=O) groups is 1. The Bertz CT molecular complexity index is 856. The van der Waals surface area contributed by atoms with E-state index in [1.165, 1.54) is 6.92 Å². The first kappa shape index (κ1) is 19.9. The van der Waals surface area contributed by atoms with Crippen molar-refractivity contribution in [3.05, 3.63) is 12.3 Å². The Balaban J connectivity index is 1.29.